The van der Waals surface area contributed by atoms with Gasteiger partial charge in [-0.1, -0.05) is 46.3 Å². The van der Waals surface area contributed by atoms with E-state index in [2.05, 4.69) is 20.9 Å². The van der Waals surface area contributed by atoms with Crippen LogP contribution in [0.2, 0.25) is 0 Å². The molecule has 0 bridgehead atoms. The lowest BCUT2D eigenvalue weighted by atomic mass is 10.0. The molecule has 2 aromatic carbocycles. The van der Waals surface area contributed by atoms with Crippen molar-refractivity contribution in [3.63, 3.8) is 0 Å². The van der Waals surface area contributed by atoms with Gasteiger partial charge in [0.25, 0.3) is 0 Å². The fourth-order valence-corrected chi connectivity index (χ4v) is 4.35. The number of amides is 1. The minimum Gasteiger partial charge on any atom is -0.445 e. The molecule has 1 amide bonds. The zero-order chi connectivity index (χ0) is 18.4. The van der Waals surface area contributed by atoms with Crippen LogP contribution >= 0.6 is 15.9 Å². The molecule has 2 heterocycles. The first-order valence-electron chi connectivity index (χ1n) is 9.24. The number of imidazole rings is 1. The molecule has 5 rings (SSSR count). The smallest absolute Gasteiger partial charge is 0.410 e. The van der Waals surface area contributed by atoms with Gasteiger partial charge in [-0.3, -0.25) is 4.90 Å². The Hall–Kier alpha value is -2.34. The van der Waals surface area contributed by atoms with Crippen LogP contribution in [-0.2, 0) is 11.3 Å². The molecular weight excluding hydrogens is 406 g/mol. The van der Waals surface area contributed by atoms with E-state index in [1.54, 1.807) is 0 Å². The first-order valence-corrected chi connectivity index (χ1v) is 10.0. The van der Waals surface area contributed by atoms with Gasteiger partial charge in [-0.2, -0.15) is 0 Å². The third kappa shape index (κ3) is 3.23. The molecule has 1 aliphatic heterocycles. The van der Waals surface area contributed by atoms with Gasteiger partial charge in [0.2, 0.25) is 0 Å². The lowest BCUT2D eigenvalue weighted by Gasteiger charge is -2.22. The molecular formula is C21H20BrN3O2. The maximum Gasteiger partial charge on any atom is 0.410 e. The highest BCUT2D eigenvalue weighted by atomic mass is 79.9. The number of likely N-dealkylation sites (tertiary alicyclic amines) is 1. The second-order valence-electron chi connectivity index (χ2n) is 7.67. The predicted molar refractivity (Wildman–Crippen MR) is 106 cm³/mol. The van der Waals surface area contributed by atoms with Crippen LogP contribution in [-0.4, -0.2) is 27.5 Å². The van der Waals surface area contributed by atoms with Crippen molar-refractivity contribution in [2.45, 2.75) is 31.9 Å². The van der Waals surface area contributed by atoms with Crippen LogP contribution in [0.1, 0.15) is 36.7 Å². The van der Waals surface area contributed by atoms with Crippen LogP contribution in [0.5, 0.6) is 0 Å². The summed E-state index contributed by atoms with van der Waals surface area (Å²) in [5, 5.41) is 0. The van der Waals surface area contributed by atoms with Gasteiger partial charge in [0.15, 0.2) is 0 Å². The van der Waals surface area contributed by atoms with E-state index in [0.717, 1.165) is 39.9 Å². The lowest BCUT2D eigenvalue weighted by molar-refractivity contribution is 0.0899. The van der Waals surface area contributed by atoms with Gasteiger partial charge in [-0.05, 0) is 48.4 Å². The third-order valence-electron chi connectivity index (χ3n) is 5.68. The second kappa shape index (κ2) is 6.37. The molecule has 138 valence electrons. The van der Waals surface area contributed by atoms with Gasteiger partial charge in [0.05, 0.1) is 17.1 Å². The Morgan fingerprint density at radius 1 is 1.26 bits per heavy atom. The summed E-state index contributed by atoms with van der Waals surface area (Å²) in [4.78, 5) is 22.9. The number of aromatic amines is 1. The largest absolute Gasteiger partial charge is 0.445 e. The standard InChI is InChI=1S/C21H20BrN3O2/c22-15-6-7-16-17(10-15)24-19(23-16)18-11-21(8-9-21)13-25(18)20(26)27-12-14-4-2-1-3-5-14/h1-7,10,18H,8-9,11-13H2,(H,23,24)/t18-/m0/s1. The zero-order valence-corrected chi connectivity index (χ0v) is 16.4. The van der Waals surface area contributed by atoms with Crippen molar-refractivity contribution in [2.24, 2.45) is 5.41 Å². The summed E-state index contributed by atoms with van der Waals surface area (Å²) in [6, 6.07) is 15.7. The van der Waals surface area contributed by atoms with Crippen molar-refractivity contribution < 1.29 is 9.53 Å². The zero-order valence-electron chi connectivity index (χ0n) is 14.8. The number of fused-ring (bicyclic) bond motifs is 1. The van der Waals surface area contributed by atoms with Gasteiger partial charge in [-0.15, -0.1) is 0 Å². The molecule has 2 aliphatic rings. The molecule has 3 aromatic rings. The van der Waals surface area contributed by atoms with Gasteiger partial charge in [-0.25, -0.2) is 9.78 Å². The molecule has 1 atom stereocenters. The van der Waals surface area contributed by atoms with Crippen molar-refractivity contribution in [3.05, 3.63) is 64.4 Å². The SMILES string of the molecule is O=C(OCc1ccccc1)N1CC2(CC2)C[C@H]1c1nc2ccc(Br)cc2[nH]1. The number of benzene rings is 2. The minimum atomic E-state index is -0.255. The molecule has 2 fully saturated rings. The fourth-order valence-electron chi connectivity index (χ4n) is 3.99. The highest BCUT2D eigenvalue weighted by Gasteiger charge is 2.54. The van der Waals surface area contributed by atoms with E-state index < -0.39 is 0 Å². The number of H-pyrrole nitrogens is 1. The average Bonchev–Trinajstić information content (AvgIpc) is 3.12. The van der Waals surface area contributed by atoms with E-state index in [9.17, 15) is 4.79 Å². The topological polar surface area (TPSA) is 58.2 Å². The normalized spacial score (nSPS) is 20.3. The number of hydrogen-bond donors (Lipinski definition) is 1. The number of hydrogen-bond acceptors (Lipinski definition) is 3. The highest BCUT2D eigenvalue weighted by molar-refractivity contribution is 9.10. The number of carbonyl (C=O) groups is 1. The molecule has 27 heavy (non-hydrogen) atoms. The molecule has 0 unspecified atom stereocenters. The second-order valence-corrected chi connectivity index (χ2v) is 8.59. The summed E-state index contributed by atoms with van der Waals surface area (Å²) in [5.41, 5.74) is 3.16. The average molecular weight is 426 g/mol. The van der Waals surface area contributed by atoms with E-state index >= 15 is 0 Å². The van der Waals surface area contributed by atoms with Crippen LogP contribution in [0.4, 0.5) is 4.79 Å². The molecule has 6 heteroatoms. The van der Waals surface area contributed by atoms with E-state index in [-0.39, 0.29) is 17.6 Å². The van der Waals surface area contributed by atoms with Crippen LogP contribution in [0.25, 0.3) is 11.0 Å². The number of aromatic nitrogens is 2. The molecule has 0 radical (unpaired) electrons. The van der Waals surface area contributed by atoms with Crippen molar-refractivity contribution in [1.82, 2.24) is 14.9 Å². The van der Waals surface area contributed by atoms with Gasteiger partial charge in [0.1, 0.15) is 12.4 Å². The van der Waals surface area contributed by atoms with E-state index in [1.807, 2.05) is 53.4 Å². The summed E-state index contributed by atoms with van der Waals surface area (Å²) in [7, 11) is 0. The molecule has 5 nitrogen and oxygen atoms in total. The Morgan fingerprint density at radius 3 is 2.85 bits per heavy atom. The Morgan fingerprint density at radius 2 is 2.07 bits per heavy atom. The van der Waals surface area contributed by atoms with Crippen molar-refractivity contribution in [3.8, 4) is 0 Å². The Bertz CT molecular complexity index is 997. The maximum atomic E-state index is 12.8. The lowest BCUT2D eigenvalue weighted by Crippen LogP contribution is -2.32. The first-order chi connectivity index (χ1) is 13.1. The van der Waals surface area contributed by atoms with Crippen LogP contribution in [0.15, 0.2) is 53.0 Å². The fraction of sp³-hybridized carbons (Fsp3) is 0.333. The van der Waals surface area contributed by atoms with Gasteiger partial charge in [0, 0.05) is 11.0 Å². The minimum absolute atomic E-state index is 0.0538. The quantitative estimate of drug-likeness (QED) is 0.627. The predicted octanol–water partition coefficient (Wildman–Crippen LogP) is 5.19. The van der Waals surface area contributed by atoms with Crippen molar-refractivity contribution in [2.75, 3.05) is 6.54 Å². The number of halogens is 1. The third-order valence-corrected chi connectivity index (χ3v) is 6.18. The van der Waals surface area contributed by atoms with Crippen molar-refractivity contribution >= 4 is 33.1 Å². The Labute approximate surface area is 165 Å². The highest BCUT2D eigenvalue weighted by Crippen LogP contribution is 2.58. The van der Waals surface area contributed by atoms with Crippen LogP contribution < -0.4 is 0 Å². The molecule has 1 aliphatic carbocycles. The van der Waals surface area contributed by atoms with Crippen LogP contribution in [0.3, 0.4) is 0 Å². The number of ether oxygens (including phenoxy) is 1. The van der Waals surface area contributed by atoms with E-state index in [4.69, 9.17) is 9.72 Å². The molecule has 1 N–H and O–H groups in total. The monoisotopic (exact) mass is 425 g/mol. The first kappa shape index (κ1) is 16.8. The summed E-state index contributed by atoms with van der Waals surface area (Å²) in [6.07, 6.45) is 3.05. The molecule has 1 saturated heterocycles. The van der Waals surface area contributed by atoms with Gasteiger partial charge < -0.3 is 9.72 Å². The Balaban J connectivity index is 1.38. The summed E-state index contributed by atoms with van der Waals surface area (Å²) in [5.74, 6) is 0.850. The molecule has 1 saturated carbocycles. The number of rotatable bonds is 3. The number of nitrogens with one attached hydrogen (secondary N) is 1. The summed E-state index contributed by atoms with van der Waals surface area (Å²) < 4.78 is 6.62. The molecule has 1 spiro atoms. The van der Waals surface area contributed by atoms with Crippen LogP contribution in [0, 0.1) is 5.41 Å². The summed E-state index contributed by atoms with van der Waals surface area (Å²) >= 11 is 3.50. The molecule has 1 aromatic heterocycles. The van der Waals surface area contributed by atoms with E-state index in [1.165, 1.54) is 12.8 Å². The number of nitrogens with zero attached hydrogens (tertiary/aromatic N) is 2. The number of carbonyl (C=O) groups excluding carboxylic acids is 1. The Kier molecular flexibility index (Phi) is 3.97. The van der Waals surface area contributed by atoms with Gasteiger partial charge >= 0.3 is 6.09 Å². The summed E-state index contributed by atoms with van der Waals surface area (Å²) in [6.45, 7) is 1.05. The van der Waals surface area contributed by atoms with E-state index in [0.29, 0.717) is 6.61 Å². The van der Waals surface area contributed by atoms with Crippen molar-refractivity contribution in [1.29, 1.82) is 0 Å². The maximum absolute atomic E-state index is 12.8.